The number of fused-ring (bicyclic) bond motifs is 1. The van der Waals surface area contributed by atoms with Gasteiger partial charge in [-0.25, -0.2) is 18.6 Å². The number of thiazole rings is 1. The van der Waals surface area contributed by atoms with Gasteiger partial charge in [-0.15, -0.1) is 0 Å². The van der Waals surface area contributed by atoms with Gasteiger partial charge in [0.15, 0.2) is 22.4 Å². The third-order valence-electron chi connectivity index (χ3n) is 5.35. The van der Waals surface area contributed by atoms with E-state index in [0.29, 0.717) is 9.83 Å². The first-order valence-electron chi connectivity index (χ1n) is 10.4. The summed E-state index contributed by atoms with van der Waals surface area (Å²) < 4.78 is 29.2. The van der Waals surface area contributed by atoms with Crippen molar-refractivity contribution in [3.05, 3.63) is 50.7 Å². The Bertz CT molecular complexity index is 1290. The van der Waals surface area contributed by atoms with E-state index in [1.165, 1.54) is 17.4 Å². The molecule has 0 spiro atoms. The third kappa shape index (κ3) is 4.16. The normalized spacial score (nSPS) is 14.3. The molecule has 1 N–H and O–H groups in total. The molecular weight excluding hydrogens is 440 g/mol. The molecule has 1 saturated heterocycles. The van der Waals surface area contributed by atoms with Crippen molar-refractivity contribution in [3.8, 4) is 0 Å². The van der Waals surface area contributed by atoms with Crippen molar-refractivity contribution in [2.24, 2.45) is 0 Å². The molecule has 3 heterocycles. The molecule has 0 unspecified atom stereocenters. The van der Waals surface area contributed by atoms with E-state index < -0.39 is 41.4 Å². The van der Waals surface area contributed by atoms with Crippen molar-refractivity contribution in [3.63, 3.8) is 0 Å². The van der Waals surface area contributed by atoms with Gasteiger partial charge >= 0.3 is 5.69 Å². The highest BCUT2D eigenvalue weighted by atomic mass is 32.1. The average Bonchev–Trinajstić information content (AvgIpc) is 3.20. The van der Waals surface area contributed by atoms with E-state index >= 15 is 0 Å². The van der Waals surface area contributed by atoms with Gasteiger partial charge in [0, 0.05) is 30.9 Å². The summed E-state index contributed by atoms with van der Waals surface area (Å²) in [6.07, 6.45) is 3.18. The smallest absolute Gasteiger partial charge is 0.333 e. The van der Waals surface area contributed by atoms with Crippen LogP contribution in [-0.4, -0.2) is 33.1 Å². The first-order chi connectivity index (χ1) is 15.3. The summed E-state index contributed by atoms with van der Waals surface area (Å²) in [5.74, 6) is -2.75. The van der Waals surface area contributed by atoms with E-state index in [1.807, 2.05) is 0 Å². The highest BCUT2D eigenvalue weighted by Crippen LogP contribution is 2.28. The quantitative estimate of drug-likeness (QED) is 0.628. The highest BCUT2D eigenvalue weighted by molar-refractivity contribution is 7.22. The van der Waals surface area contributed by atoms with Crippen molar-refractivity contribution >= 4 is 38.4 Å². The second-order valence-electron chi connectivity index (χ2n) is 8.01. The predicted molar refractivity (Wildman–Crippen MR) is 120 cm³/mol. The van der Waals surface area contributed by atoms with Crippen LogP contribution in [-0.2, 0) is 11.3 Å². The van der Waals surface area contributed by atoms with Gasteiger partial charge in [0.1, 0.15) is 11.2 Å². The maximum atomic E-state index is 13.5. The molecule has 0 aliphatic carbocycles. The summed E-state index contributed by atoms with van der Waals surface area (Å²) in [6, 6.07) is 2.57. The summed E-state index contributed by atoms with van der Waals surface area (Å²) in [7, 11) is 0. The molecule has 11 heteroatoms. The van der Waals surface area contributed by atoms with Gasteiger partial charge < -0.3 is 10.2 Å². The molecule has 3 aromatic rings. The number of hydrogen-bond acceptors (Lipinski definition) is 6. The molecule has 8 nitrogen and oxygen atoms in total. The molecule has 0 radical (unpaired) electrons. The van der Waals surface area contributed by atoms with Crippen LogP contribution in [0.5, 0.6) is 0 Å². The van der Waals surface area contributed by atoms with Gasteiger partial charge in [-0.1, -0.05) is 11.3 Å². The van der Waals surface area contributed by atoms with Gasteiger partial charge in [0.25, 0.3) is 5.56 Å². The van der Waals surface area contributed by atoms with Crippen LogP contribution in [0.2, 0.25) is 0 Å². The number of rotatable bonds is 5. The number of amides is 1. The number of nitrogens with one attached hydrogen (secondary N) is 1. The Labute approximate surface area is 186 Å². The first kappa shape index (κ1) is 22.1. The Balaban J connectivity index is 1.75. The van der Waals surface area contributed by atoms with Crippen molar-refractivity contribution in [2.75, 3.05) is 23.3 Å². The van der Waals surface area contributed by atoms with Crippen molar-refractivity contribution in [1.82, 2.24) is 14.1 Å². The van der Waals surface area contributed by atoms with Crippen LogP contribution in [0.15, 0.2) is 27.8 Å². The number of carbonyl (C=O) groups excluding carboxylic acids is 1. The van der Waals surface area contributed by atoms with Gasteiger partial charge in [-0.05, 0) is 45.2 Å². The van der Waals surface area contributed by atoms with Gasteiger partial charge in [-0.2, -0.15) is 0 Å². The lowest BCUT2D eigenvalue weighted by molar-refractivity contribution is -0.116. The van der Waals surface area contributed by atoms with Crippen LogP contribution in [0.4, 0.5) is 19.6 Å². The van der Waals surface area contributed by atoms with Crippen molar-refractivity contribution in [2.45, 2.75) is 45.7 Å². The summed E-state index contributed by atoms with van der Waals surface area (Å²) >= 11 is 1.22. The molecule has 1 aliphatic heterocycles. The molecule has 1 aromatic carbocycles. The van der Waals surface area contributed by atoms with E-state index in [2.05, 4.69) is 15.2 Å². The Hall–Kier alpha value is -3.08. The number of aromatic nitrogens is 3. The standard InChI is InChI=1S/C21H23F2N5O3S/c1-12(2)28-19(30)17-18(25-20(32-17)26-8-4-3-5-9-26)27(21(28)31)11-16(29)24-13-6-7-14(22)15(23)10-13/h6-7,10,12H,3-5,8-9,11H2,1-2H3,(H,24,29). The average molecular weight is 464 g/mol. The SMILES string of the molecule is CC(C)n1c(=O)c2sc(N3CCCCC3)nc2n(CC(=O)Nc2ccc(F)c(F)c2)c1=O. The number of piperidine rings is 1. The number of nitrogens with zero attached hydrogens (tertiary/aromatic N) is 4. The number of hydrogen-bond donors (Lipinski definition) is 1. The molecule has 32 heavy (non-hydrogen) atoms. The largest absolute Gasteiger partial charge is 0.348 e. The Morgan fingerprint density at radius 1 is 1.16 bits per heavy atom. The third-order valence-corrected chi connectivity index (χ3v) is 6.45. The summed E-state index contributed by atoms with van der Waals surface area (Å²) in [4.78, 5) is 45.4. The van der Waals surface area contributed by atoms with Crippen LogP contribution in [0, 0.1) is 11.6 Å². The maximum absolute atomic E-state index is 13.5. The van der Waals surface area contributed by atoms with E-state index in [9.17, 15) is 23.2 Å². The van der Waals surface area contributed by atoms with Gasteiger partial charge in [0.05, 0.1) is 0 Å². The van der Waals surface area contributed by atoms with Crippen LogP contribution in [0.25, 0.3) is 10.3 Å². The fourth-order valence-electron chi connectivity index (χ4n) is 3.78. The Kier molecular flexibility index (Phi) is 6.09. The van der Waals surface area contributed by atoms with Crippen molar-refractivity contribution in [1.29, 1.82) is 0 Å². The molecule has 0 bridgehead atoms. The molecular formula is C21H23F2N5O3S. The van der Waals surface area contributed by atoms with Crippen molar-refractivity contribution < 1.29 is 13.6 Å². The summed E-state index contributed by atoms with van der Waals surface area (Å²) in [5, 5.41) is 3.10. The zero-order valence-corrected chi connectivity index (χ0v) is 18.5. The summed E-state index contributed by atoms with van der Waals surface area (Å²) in [5.41, 5.74) is -0.864. The van der Waals surface area contributed by atoms with Crippen LogP contribution in [0.1, 0.15) is 39.2 Å². The molecule has 0 atom stereocenters. The Morgan fingerprint density at radius 2 is 1.88 bits per heavy atom. The number of benzene rings is 1. The van der Waals surface area contributed by atoms with E-state index in [1.54, 1.807) is 13.8 Å². The molecule has 4 rings (SSSR count). The fraction of sp³-hybridized carbons (Fsp3) is 0.429. The lowest BCUT2D eigenvalue weighted by Gasteiger charge is -2.25. The predicted octanol–water partition coefficient (Wildman–Crippen LogP) is 3.11. The van der Waals surface area contributed by atoms with Gasteiger partial charge in [-0.3, -0.25) is 18.7 Å². The molecule has 1 amide bonds. The molecule has 170 valence electrons. The van der Waals surface area contributed by atoms with E-state index in [4.69, 9.17) is 0 Å². The van der Waals surface area contributed by atoms with E-state index in [0.717, 1.165) is 53.6 Å². The van der Waals surface area contributed by atoms with E-state index in [-0.39, 0.29) is 11.3 Å². The van der Waals surface area contributed by atoms with Crippen LogP contribution >= 0.6 is 11.3 Å². The molecule has 2 aromatic heterocycles. The fourth-order valence-corrected chi connectivity index (χ4v) is 4.84. The first-order valence-corrected chi connectivity index (χ1v) is 11.2. The lowest BCUT2D eigenvalue weighted by Crippen LogP contribution is -2.42. The number of carbonyl (C=O) groups is 1. The zero-order valence-electron chi connectivity index (χ0n) is 17.7. The number of halogens is 2. The Morgan fingerprint density at radius 3 is 2.53 bits per heavy atom. The minimum absolute atomic E-state index is 0.0580. The molecule has 1 aliphatic rings. The minimum atomic E-state index is -1.10. The molecule has 1 fully saturated rings. The zero-order chi connectivity index (χ0) is 23.0. The topological polar surface area (TPSA) is 89.2 Å². The monoisotopic (exact) mass is 463 g/mol. The minimum Gasteiger partial charge on any atom is -0.348 e. The lowest BCUT2D eigenvalue weighted by atomic mass is 10.1. The second-order valence-corrected chi connectivity index (χ2v) is 8.99. The van der Waals surface area contributed by atoms with Gasteiger partial charge in [0.2, 0.25) is 5.91 Å². The number of anilines is 2. The van der Waals surface area contributed by atoms with Crippen LogP contribution in [0.3, 0.4) is 0 Å². The highest BCUT2D eigenvalue weighted by Gasteiger charge is 2.23. The summed E-state index contributed by atoms with van der Waals surface area (Å²) in [6.45, 7) is 4.64. The van der Waals surface area contributed by atoms with Crippen LogP contribution < -0.4 is 21.5 Å². The maximum Gasteiger partial charge on any atom is 0.333 e. The second kappa shape index (κ2) is 8.81. The molecule has 0 saturated carbocycles.